The van der Waals surface area contributed by atoms with Gasteiger partial charge in [0.25, 0.3) is 0 Å². The van der Waals surface area contributed by atoms with Gasteiger partial charge >= 0.3 is 5.97 Å². The normalized spacial score (nSPS) is 10.8. The van der Waals surface area contributed by atoms with E-state index in [1.54, 1.807) is 17.5 Å². The summed E-state index contributed by atoms with van der Waals surface area (Å²) in [4.78, 5) is 10.8. The van der Waals surface area contributed by atoms with Crippen LogP contribution >= 0.6 is 11.3 Å². The van der Waals surface area contributed by atoms with Crippen LogP contribution in [0.3, 0.4) is 0 Å². The van der Waals surface area contributed by atoms with Crippen LogP contribution in [-0.4, -0.2) is 22.8 Å². The lowest BCUT2D eigenvalue weighted by Crippen LogP contribution is -1.89. The van der Waals surface area contributed by atoms with Crippen LogP contribution in [0, 0.1) is 0 Å². The molecule has 70 valence electrons. The molecule has 0 amide bonds. The van der Waals surface area contributed by atoms with E-state index in [-0.39, 0.29) is 6.61 Å². The number of carboxylic acids is 1. The molecule has 1 aromatic heterocycles. The van der Waals surface area contributed by atoms with Gasteiger partial charge < -0.3 is 10.2 Å². The average molecular weight is 198 g/mol. The number of hydrogen-bond donors (Lipinski definition) is 2. The highest BCUT2D eigenvalue weighted by Gasteiger charge is 2.04. The highest BCUT2D eigenvalue weighted by molar-refractivity contribution is 7.12. The monoisotopic (exact) mass is 198 g/mol. The molecule has 0 spiro atoms. The number of thiophene rings is 1. The van der Waals surface area contributed by atoms with Crippen LogP contribution in [0.4, 0.5) is 0 Å². The van der Waals surface area contributed by atoms with Gasteiger partial charge in [-0.15, -0.1) is 11.3 Å². The molecule has 4 heteroatoms. The summed E-state index contributed by atoms with van der Waals surface area (Å²) in [5, 5.41) is 18.9. The van der Waals surface area contributed by atoms with Gasteiger partial charge in [-0.3, -0.25) is 0 Å². The predicted molar refractivity (Wildman–Crippen MR) is 52.0 cm³/mol. The molecule has 3 nitrogen and oxygen atoms in total. The zero-order valence-corrected chi connectivity index (χ0v) is 7.75. The number of carbonyl (C=O) groups is 1. The Morgan fingerprint density at radius 2 is 2.38 bits per heavy atom. The third-order valence-electron chi connectivity index (χ3n) is 1.44. The third kappa shape index (κ3) is 3.01. The molecule has 0 aromatic carbocycles. The van der Waals surface area contributed by atoms with Crippen molar-refractivity contribution in [1.29, 1.82) is 0 Å². The van der Waals surface area contributed by atoms with Crippen LogP contribution in [0.25, 0.3) is 6.08 Å². The van der Waals surface area contributed by atoms with E-state index in [0.29, 0.717) is 11.3 Å². The van der Waals surface area contributed by atoms with E-state index in [0.717, 1.165) is 5.56 Å². The summed E-state index contributed by atoms with van der Waals surface area (Å²) in [6.45, 7) is 0.117. The smallest absolute Gasteiger partial charge is 0.345 e. The molecular formula is C9H10O3S. The predicted octanol–water partition coefficient (Wildman–Crippen LogP) is 1.84. The Balaban J connectivity index is 2.64. The number of aliphatic hydroxyl groups excluding tert-OH is 1. The summed E-state index contributed by atoms with van der Waals surface area (Å²) in [6.07, 6.45) is 4.21. The zero-order valence-electron chi connectivity index (χ0n) is 6.93. The summed E-state index contributed by atoms with van der Waals surface area (Å²) < 4.78 is 0. The van der Waals surface area contributed by atoms with E-state index in [2.05, 4.69) is 0 Å². The molecule has 13 heavy (non-hydrogen) atoms. The van der Waals surface area contributed by atoms with Crippen LogP contribution in [0.1, 0.15) is 21.7 Å². The van der Waals surface area contributed by atoms with Gasteiger partial charge in [0.05, 0.1) is 0 Å². The summed E-state index contributed by atoms with van der Waals surface area (Å²) in [6, 6.07) is 1.61. The fourth-order valence-electron chi connectivity index (χ4n) is 0.844. The SMILES string of the molecule is O=C(O)c1cc(C=CCCO)cs1. The number of aliphatic hydroxyl groups is 1. The highest BCUT2D eigenvalue weighted by atomic mass is 32.1. The number of carboxylic acid groups (broad SMARTS) is 1. The van der Waals surface area contributed by atoms with Gasteiger partial charge in [-0.2, -0.15) is 0 Å². The maximum absolute atomic E-state index is 10.5. The molecule has 1 heterocycles. The minimum atomic E-state index is -0.896. The van der Waals surface area contributed by atoms with Crippen LogP contribution in [0.2, 0.25) is 0 Å². The van der Waals surface area contributed by atoms with E-state index < -0.39 is 5.97 Å². The maximum Gasteiger partial charge on any atom is 0.345 e. The molecule has 2 N–H and O–H groups in total. The van der Waals surface area contributed by atoms with Crippen molar-refractivity contribution in [2.45, 2.75) is 6.42 Å². The Morgan fingerprint density at radius 3 is 2.92 bits per heavy atom. The van der Waals surface area contributed by atoms with Crippen molar-refractivity contribution in [1.82, 2.24) is 0 Å². The maximum atomic E-state index is 10.5. The van der Waals surface area contributed by atoms with Crippen LogP contribution < -0.4 is 0 Å². The van der Waals surface area contributed by atoms with Crippen LogP contribution in [0.5, 0.6) is 0 Å². The van der Waals surface area contributed by atoms with Gasteiger partial charge in [0.15, 0.2) is 0 Å². The molecule has 1 rings (SSSR count). The third-order valence-corrected chi connectivity index (χ3v) is 2.37. The van der Waals surface area contributed by atoms with Crippen molar-refractivity contribution in [2.24, 2.45) is 0 Å². The molecule has 0 unspecified atom stereocenters. The Labute approximate surface area is 80.0 Å². The summed E-state index contributed by atoms with van der Waals surface area (Å²) in [5.41, 5.74) is 0.871. The summed E-state index contributed by atoms with van der Waals surface area (Å²) >= 11 is 1.20. The molecule has 0 aliphatic rings. The quantitative estimate of drug-likeness (QED) is 0.776. The van der Waals surface area contributed by atoms with Gasteiger partial charge in [-0.25, -0.2) is 4.79 Å². The van der Waals surface area contributed by atoms with E-state index in [1.807, 2.05) is 6.08 Å². The fourth-order valence-corrected chi connectivity index (χ4v) is 1.56. The van der Waals surface area contributed by atoms with Crippen molar-refractivity contribution in [2.75, 3.05) is 6.61 Å². The van der Waals surface area contributed by atoms with Crippen molar-refractivity contribution < 1.29 is 15.0 Å². The van der Waals surface area contributed by atoms with E-state index in [1.165, 1.54) is 11.3 Å². The van der Waals surface area contributed by atoms with Gasteiger partial charge in [0.2, 0.25) is 0 Å². The van der Waals surface area contributed by atoms with Crippen molar-refractivity contribution in [3.8, 4) is 0 Å². The van der Waals surface area contributed by atoms with Crippen LogP contribution in [-0.2, 0) is 0 Å². The van der Waals surface area contributed by atoms with E-state index >= 15 is 0 Å². The lowest BCUT2D eigenvalue weighted by atomic mass is 10.2. The molecule has 0 bridgehead atoms. The second kappa shape index (κ2) is 4.79. The summed E-state index contributed by atoms with van der Waals surface area (Å²) in [5.74, 6) is -0.896. The van der Waals surface area contributed by atoms with Crippen molar-refractivity contribution in [3.05, 3.63) is 28.0 Å². The first-order valence-electron chi connectivity index (χ1n) is 3.83. The molecule has 0 aliphatic carbocycles. The minimum absolute atomic E-state index is 0.117. The Morgan fingerprint density at radius 1 is 1.62 bits per heavy atom. The van der Waals surface area contributed by atoms with E-state index in [9.17, 15) is 4.79 Å². The first kappa shape index (κ1) is 9.95. The molecule has 0 radical (unpaired) electrons. The Hall–Kier alpha value is -1.13. The number of rotatable bonds is 4. The topological polar surface area (TPSA) is 57.5 Å². The standard InChI is InChI=1S/C9H10O3S/c10-4-2-1-3-7-5-8(9(11)12)13-6-7/h1,3,5-6,10H,2,4H2,(H,11,12). The molecular weight excluding hydrogens is 188 g/mol. The lowest BCUT2D eigenvalue weighted by Gasteiger charge is -1.84. The molecule has 0 fully saturated rings. The fraction of sp³-hybridized carbons (Fsp3) is 0.222. The van der Waals surface area contributed by atoms with Gasteiger partial charge in [-0.05, 0) is 23.4 Å². The molecule has 0 saturated carbocycles. The minimum Gasteiger partial charge on any atom is -0.477 e. The Kier molecular flexibility index (Phi) is 3.67. The molecule has 0 saturated heterocycles. The molecule has 0 atom stereocenters. The van der Waals surface area contributed by atoms with E-state index in [4.69, 9.17) is 10.2 Å². The zero-order chi connectivity index (χ0) is 9.68. The highest BCUT2D eigenvalue weighted by Crippen LogP contribution is 2.15. The lowest BCUT2D eigenvalue weighted by molar-refractivity contribution is 0.0702. The van der Waals surface area contributed by atoms with Gasteiger partial charge in [0, 0.05) is 6.61 Å². The summed E-state index contributed by atoms with van der Waals surface area (Å²) in [7, 11) is 0. The second-order valence-corrected chi connectivity index (χ2v) is 3.38. The second-order valence-electron chi connectivity index (χ2n) is 2.46. The number of aromatic carboxylic acids is 1. The Bertz CT molecular complexity index is 314. The average Bonchev–Trinajstić information content (AvgIpc) is 2.53. The molecule has 0 aliphatic heterocycles. The van der Waals surface area contributed by atoms with Crippen LogP contribution in [0.15, 0.2) is 17.5 Å². The van der Waals surface area contributed by atoms with Crippen molar-refractivity contribution >= 4 is 23.4 Å². The van der Waals surface area contributed by atoms with Gasteiger partial charge in [-0.1, -0.05) is 12.2 Å². The largest absolute Gasteiger partial charge is 0.477 e. The first-order chi connectivity index (χ1) is 6.24. The first-order valence-corrected chi connectivity index (χ1v) is 4.71. The molecule has 1 aromatic rings. The van der Waals surface area contributed by atoms with Crippen molar-refractivity contribution in [3.63, 3.8) is 0 Å². The number of hydrogen-bond acceptors (Lipinski definition) is 3. The van der Waals surface area contributed by atoms with Gasteiger partial charge in [0.1, 0.15) is 4.88 Å².